The van der Waals surface area contributed by atoms with Gasteiger partial charge in [0.15, 0.2) is 5.76 Å². The van der Waals surface area contributed by atoms with E-state index >= 15 is 0 Å². The summed E-state index contributed by atoms with van der Waals surface area (Å²) in [6.45, 7) is 5.06. The molecule has 0 aliphatic heterocycles. The van der Waals surface area contributed by atoms with Gasteiger partial charge in [0, 0.05) is 22.7 Å². The van der Waals surface area contributed by atoms with Crippen LogP contribution in [0.5, 0.6) is 0 Å². The van der Waals surface area contributed by atoms with Gasteiger partial charge in [-0.2, -0.15) is 0 Å². The lowest BCUT2D eigenvalue weighted by atomic mass is 9.98. The molecule has 0 fully saturated rings. The molecule has 0 spiro atoms. The summed E-state index contributed by atoms with van der Waals surface area (Å²) in [7, 11) is 4.14. The summed E-state index contributed by atoms with van der Waals surface area (Å²) in [5.41, 5.74) is 3.82. The first-order chi connectivity index (χ1) is 16.1. The van der Waals surface area contributed by atoms with Gasteiger partial charge >= 0.3 is 0 Å². The van der Waals surface area contributed by atoms with Crippen molar-refractivity contribution in [3.63, 3.8) is 0 Å². The third-order valence-electron chi connectivity index (χ3n) is 6.13. The van der Waals surface area contributed by atoms with E-state index in [0.29, 0.717) is 18.4 Å². The van der Waals surface area contributed by atoms with E-state index in [9.17, 15) is 0 Å². The molecule has 2 aromatic heterocycles. The number of benzene rings is 2. The summed E-state index contributed by atoms with van der Waals surface area (Å²) in [5.74, 6) is 2.00. The van der Waals surface area contributed by atoms with Crippen LogP contribution in [0.2, 0.25) is 0 Å². The number of fused-ring (bicyclic) bond motifs is 1. The number of aromatic nitrogens is 2. The largest absolute Gasteiger partial charge is 0.439 e. The van der Waals surface area contributed by atoms with Gasteiger partial charge in [-0.1, -0.05) is 68.8 Å². The molecule has 6 heteroatoms. The predicted molar refractivity (Wildman–Crippen MR) is 130 cm³/mol. The third kappa shape index (κ3) is 5.53. The number of oxazole rings is 1. The van der Waals surface area contributed by atoms with Crippen LogP contribution in [0.15, 0.2) is 65.2 Å². The van der Waals surface area contributed by atoms with Crippen LogP contribution in [-0.4, -0.2) is 29.0 Å². The van der Waals surface area contributed by atoms with Gasteiger partial charge in [-0.25, -0.2) is 14.8 Å². The number of para-hydroxylation sites is 1. The smallest absolute Gasteiger partial charge is 0.212 e. The van der Waals surface area contributed by atoms with E-state index in [1.165, 1.54) is 0 Å². The molecule has 4 rings (SSSR count). The zero-order valence-corrected chi connectivity index (χ0v) is 19.9. The van der Waals surface area contributed by atoms with Crippen molar-refractivity contribution in [1.82, 2.24) is 14.9 Å². The van der Waals surface area contributed by atoms with E-state index in [-0.39, 0.29) is 12.6 Å². The number of rotatable bonds is 11. The minimum absolute atomic E-state index is 0.0860. The van der Waals surface area contributed by atoms with Crippen LogP contribution in [0.25, 0.3) is 22.2 Å². The monoisotopic (exact) mass is 447 g/mol. The fourth-order valence-electron chi connectivity index (χ4n) is 3.94. The van der Waals surface area contributed by atoms with Crippen molar-refractivity contribution in [3.05, 3.63) is 77.9 Å². The number of H-pyrrole nitrogens is 1. The Morgan fingerprint density at radius 2 is 1.73 bits per heavy atom. The van der Waals surface area contributed by atoms with Crippen LogP contribution < -0.4 is 0 Å². The van der Waals surface area contributed by atoms with E-state index in [2.05, 4.69) is 50.0 Å². The maximum Gasteiger partial charge on any atom is 0.212 e. The minimum atomic E-state index is 0.0860. The topological polar surface area (TPSA) is 63.5 Å². The van der Waals surface area contributed by atoms with Gasteiger partial charge in [-0.05, 0) is 38.1 Å². The third-order valence-corrected chi connectivity index (χ3v) is 6.13. The number of nitrogens with zero attached hydrogens (tertiary/aromatic N) is 2. The first-order valence-electron chi connectivity index (χ1n) is 11.6. The van der Waals surface area contributed by atoms with E-state index in [4.69, 9.17) is 19.2 Å². The zero-order valence-electron chi connectivity index (χ0n) is 19.9. The van der Waals surface area contributed by atoms with Gasteiger partial charge < -0.3 is 9.40 Å². The van der Waals surface area contributed by atoms with Crippen molar-refractivity contribution in [3.8, 4) is 11.3 Å². The minimum Gasteiger partial charge on any atom is -0.439 e. The van der Waals surface area contributed by atoms with Crippen molar-refractivity contribution in [1.29, 1.82) is 0 Å². The van der Waals surface area contributed by atoms with Crippen LogP contribution >= 0.6 is 0 Å². The second-order valence-electron chi connectivity index (χ2n) is 8.81. The Kier molecular flexibility index (Phi) is 7.60. The fourth-order valence-corrected chi connectivity index (χ4v) is 3.94. The van der Waals surface area contributed by atoms with Gasteiger partial charge in [-0.15, -0.1) is 0 Å². The molecule has 0 bridgehead atoms. The molecule has 174 valence electrons. The molecule has 2 heterocycles. The number of aromatic amines is 1. The van der Waals surface area contributed by atoms with Crippen molar-refractivity contribution in [2.75, 3.05) is 14.1 Å². The second kappa shape index (κ2) is 10.8. The number of nitrogens with one attached hydrogen (secondary N) is 1. The highest BCUT2D eigenvalue weighted by atomic mass is 17.2. The first-order valence-corrected chi connectivity index (χ1v) is 11.6. The normalized spacial score (nSPS) is 13.6. The zero-order chi connectivity index (χ0) is 23.2. The lowest BCUT2D eigenvalue weighted by Gasteiger charge is -2.23. The molecule has 0 amide bonds. The van der Waals surface area contributed by atoms with Crippen molar-refractivity contribution in [2.24, 2.45) is 5.92 Å². The van der Waals surface area contributed by atoms with Gasteiger partial charge in [0.05, 0.1) is 6.04 Å². The molecule has 2 atom stereocenters. The Morgan fingerprint density at radius 3 is 2.48 bits per heavy atom. The highest BCUT2D eigenvalue weighted by Crippen LogP contribution is 2.36. The molecule has 0 aliphatic rings. The highest BCUT2D eigenvalue weighted by molar-refractivity contribution is 5.94. The molecule has 4 aromatic rings. The molecule has 0 unspecified atom stereocenters. The molecular weight excluding hydrogens is 414 g/mol. The summed E-state index contributed by atoms with van der Waals surface area (Å²) in [5, 5.41) is 1.09. The molecule has 2 aromatic carbocycles. The summed E-state index contributed by atoms with van der Waals surface area (Å²) < 4.78 is 6.44. The fraction of sp³-hybridized carbons (Fsp3) is 0.370. The molecule has 33 heavy (non-hydrogen) atoms. The summed E-state index contributed by atoms with van der Waals surface area (Å²) in [6.07, 6.45) is 4.06. The summed E-state index contributed by atoms with van der Waals surface area (Å²) in [6, 6.07) is 18.2. The van der Waals surface area contributed by atoms with Crippen molar-refractivity contribution >= 4 is 10.9 Å². The van der Waals surface area contributed by atoms with Gasteiger partial charge in [-0.3, -0.25) is 4.90 Å². The van der Waals surface area contributed by atoms with Crippen molar-refractivity contribution < 1.29 is 14.2 Å². The second-order valence-corrected chi connectivity index (χ2v) is 8.81. The van der Waals surface area contributed by atoms with Gasteiger partial charge in [0.1, 0.15) is 18.9 Å². The number of hydrogen-bond acceptors (Lipinski definition) is 5. The van der Waals surface area contributed by atoms with Crippen LogP contribution in [0, 0.1) is 5.92 Å². The summed E-state index contributed by atoms with van der Waals surface area (Å²) >= 11 is 0. The lowest BCUT2D eigenvalue weighted by Crippen LogP contribution is -2.22. The summed E-state index contributed by atoms with van der Waals surface area (Å²) in [4.78, 5) is 21.5. The average Bonchev–Trinajstić information content (AvgIpc) is 3.44. The number of hydrogen-bond donors (Lipinski definition) is 1. The Bertz CT molecular complexity index is 1150. The first kappa shape index (κ1) is 23.2. The molecule has 0 radical (unpaired) electrons. The molecular formula is C27H33N3O3. The van der Waals surface area contributed by atoms with E-state index < -0.39 is 0 Å². The lowest BCUT2D eigenvalue weighted by molar-refractivity contribution is -0.313. The van der Waals surface area contributed by atoms with Crippen molar-refractivity contribution in [2.45, 2.75) is 45.9 Å². The molecule has 0 aliphatic carbocycles. The van der Waals surface area contributed by atoms with Crippen LogP contribution in [0.4, 0.5) is 0 Å². The Hall–Kier alpha value is -2.93. The molecule has 0 saturated carbocycles. The van der Waals surface area contributed by atoms with Crippen LogP contribution in [0.1, 0.15) is 49.9 Å². The predicted octanol–water partition coefficient (Wildman–Crippen LogP) is 6.51. The van der Waals surface area contributed by atoms with E-state index in [0.717, 1.165) is 46.3 Å². The average molecular weight is 448 g/mol. The quantitative estimate of drug-likeness (QED) is 0.161. The maximum absolute atomic E-state index is 6.44. The standard InChI is InChI=1S/C27H33N3O3/c1-5-19(2)15-25(30(3)4)27-29-24(18-32-31-17-20-11-7-6-8-12-20)26(33-27)22-16-28-23-14-10-9-13-21(22)23/h6-14,16,19,25,28H,5,15,17-18H2,1-4H3/t19-,25-/m0/s1. The highest BCUT2D eigenvalue weighted by Gasteiger charge is 2.26. The van der Waals surface area contributed by atoms with E-state index in [1.54, 1.807) is 0 Å². The van der Waals surface area contributed by atoms with Gasteiger partial charge in [0.25, 0.3) is 0 Å². The molecule has 1 N–H and O–H groups in total. The van der Waals surface area contributed by atoms with Gasteiger partial charge in [0.2, 0.25) is 5.89 Å². The van der Waals surface area contributed by atoms with Crippen LogP contribution in [-0.2, 0) is 23.0 Å². The SMILES string of the molecule is CC[C@H](C)C[C@@H](c1nc(COOCc2ccccc2)c(-c2c[nH]c3ccccc23)o1)N(C)C. The van der Waals surface area contributed by atoms with E-state index in [1.807, 2.05) is 48.7 Å². The maximum atomic E-state index is 6.44. The Labute approximate surface area is 195 Å². The molecule has 6 nitrogen and oxygen atoms in total. The Balaban J connectivity index is 1.61. The Morgan fingerprint density at radius 1 is 1.00 bits per heavy atom. The molecule has 0 saturated heterocycles. The van der Waals surface area contributed by atoms with Crippen LogP contribution in [0.3, 0.4) is 0 Å².